The molecule has 0 heterocycles. The quantitative estimate of drug-likeness (QED) is 0.480. The summed E-state index contributed by atoms with van der Waals surface area (Å²) in [5.41, 5.74) is 0. The molecule has 112 valence electrons. The highest BCUT2D eigenvalue weighted by molar-refractivity contribution is 6.02. The van der Waals surface area contributed by atoms with Gasteiger partial charge < -0.3 is 15.7 Å². The molecule has 0 aromatic rings. The molecule has 0 aliphatic heterocycles. The molecule has 0 radical (unpaired) electrons. The van der Waals surface area contributed by atoms with Gasteiger partial charge in [-0.1, -0.05) is 6.92 Å². The van der Waals surface area contributed by atoms with Crippen LogP contribution in [0.1, 0.15) is 26.7 Å². The number of carbonyl (C=O) groups is 4. The number of urea groups is 1. The Bertz CT molecular complexity index is 406. The van der Waals surface area contributed by atoms with Crippen molar-refractivity contribution < 1.29 is 24.3 Å². The number of carboxylic acid groups (broad SMARTS) is 1. The van der Waals surface area contributed by atoms with E-state index in [1.54, 1.807) is 0 Å². The molecule has 1 atom stereocenters. The molecule has 4 amide bonds. The molecule has 0 aromatic carbocycles. The van der Waals surface area contributed by atoms with E-state index < -0.39 is 17.9 Å². The number of imide groups is 1. The maximum atomic E-state index is 11.4. The molecule has 0 spiro atoms. The van der Waals surface area contributed by atoms with Crippen LogP contribution in [0.3, 0.4) is 0 Å². The van der Waals surface area contributed by atoms with Gasteiger partial charge in [-0.15, -0.1) is 0 Å². The Morgan fingerprint density at radius 2 is 1.85 bits per heavy atom. The van der Waals surface area contributed by atoms with E-state index in [1.807, 2.05) is 19.2 Å². The highest BCUT2D eigenvalue weighted by Gasteiger charge is 2.07. The SMILES string of the molecule is CCC(C)NC(=O)CCNC(=O)NC(=O)C=CC(=O)O. The van der Waals surface area contributed by atoms with E-state index in [4.69, 9.17) is 5.11 Å². The summed E-state index contributed by atoms with van der Waals surface area (Å²) in [4.78, 5) is 43.7. The fourth-order valence-electron chi connectivity index (χ4n) is 1.08. The average Bonchev–Trinajstić information content (AvgIpc) is 2.36. The van der Waals surface area contributed by atoms with Crippen molar-refractivity contribution in [3.8, 4) is 0 Å². The lowest BCUT2D eigenvalue weighted by Crippen LogP contribution is -2.41. The summed E-state index contributed by atoms with van der Waals surface area (Å²) < 4.78 is 0. The summed E-state index contributed by atoms with van der Waals surface area (Å²) in [6.07, 6.45) is 2.24. The summed E-state index contributed by atoms with van der Waals surface area (Å²) in [6, 6.07) is -0.722. The zero-order valence-corrected chi connectivity index (χ0v) is 11.4. The van der Waals surface area contributed by atoms with Crippen LogP contribution in [-0.2, 0) is 14.4 Å². The summed E-state index contributed by atoms with van der Waals surface area (Å²) in [5.74, 6) is -2.34. The van der Waals surface area contributed by atoms with E-state index in [9.17, 15) is 19.2 Å². The monoisotopic (exact) mass is 285 g/mol. The maximum absolute atomic E-state index is 11.4. The van der Waals surface area contributed by atoms with Gasteiger partial charge in [-0.3, -0.25) is 14.9 Å². The lowest BCUT2D eigenvalue weighted by atomic mass is 10.2. The van der Waals surface area contributed by atoms with Gasteiger partial charge in [0.2, 0.25) is 5.91 Å². The Morgan fingerprint density at radius 3 is 2.40 bits per heavy atom. The fourth-order valence-corrected chi connectivity index (χ4v) is 1.08. The highest BCUT2D eigenvalue weighted by atomic mass is 16.4. The van der Waals surface area contributed by atoms with Crippen molar-refractivity contribution in [2.45, 2.75) is 32.7 Å². The van der Waals surface area contributed by atoms with Gasteiger partial charge in [-0.2, -0.15) is 0 Å². The number of nitrogens with one attached hydrogen (secondary N) is 3. The molecule has 20 heavy (non-hydrogen) atoms. The number of amides is 4. The third kappa shape index (κ3) is 9.63. The molecule has 0 bridgehead atoms. The molecule has 0 aliphatic carbocycles. The van der Waals surface area contributed by atoms with Crippen LogP contribution in [0, 0.1) is 0 Å². The fraction of sp³-hybridized carbons (Fsp3) is 0.500. The first-order chi connectivity index (χ1) is 9.35. The largest absolute Gasteiger partial charge is 0.478 e. The zero-order chi connectivity index (χ0) is 15.5. The Balaban J connectivity index is 3.86. The van der Waals surface area contributed by atoms with Crippen LogP contribution in [0.5, 0.6) is 0 Å². The standard InChI is InChI=1S/C12H19N3O5/c1-3-8(2)14-10(17)6-7-13-12(20)15-9(16)4-5-11(18)19/h4-5,8H,3,6-7H2,1-2H3,(H,14,17)(H,18,19)(H2,13,15,16,20). The lowest BCUT2D eigenvalue weighted by molar-refractivity contribution is -0.131. The molecular weight excluding hydrogens is 266 g/mol. The van der Waals surface area contributed by atoms with E-state index in [2.05, 4.69) is 10.6 Å². The minimum Gasteiger partial charge on any atom is -0.478 e. The van der Waals surface area contributed by atoms with E-state index in [1.165, 1.54) is 0 Å². The molecule has 1 unspecified atom stereocenters. The molecular formula is C12H19N3O5. The third-order valence-electron chi connectivity index (χ3n) is 2.27. The molecule has 4 N–H and O–H groups in total. The molecule has 0 aromatic heterocycles. The van der Waals surface area contributed by atoms with Crippen molar-refractivity contribution >= 4 is 23.8 Å². The number of hydrogen-bond acceptors (Lipinski definition) is 4. The maximum Gasteiger partial charge on any atom is 0.328 e. The van der Waals surface area contributed by atoms with Crippen LogP contribution in [0.25, 0.3) is 0 Å². The normalized spacial score (nSPS) is 11.7. The molecule has 8 heteroatoms. The minimum atomic E-state index is -1.29. The van der Waals surface area contributed by atoms with Gasteiger partial charge in [-0.05, 0) is 13.3 Å². The number of carboxylic acids is 1. The van der Waals surface area contributed by atoms with Crippen LogP contribution in [0.15, 0.2) is 12.2 Å². The van der Waals surface area contributed by atoms with Gasteiger partial charge in [0, 0.05) is 31.2 Å². The summed E-state index contributed by atoms with van der Waals surface area (Å²) >= 11 is 0. The first-order valence-corrected chi connectivity index (χ1v) is 6.14. The second-order valence-corrected chi connectivity index (χ2v) is 4.04. The van der Waals surface area contributed by atoms with Gasteiger partial charge in [-0.25, -0.2) is 9.59 Å². The number of rotatable bonds is 7. The van der Waals surface area contributed by atoms with Crippen molar-refractivity contribution in [2.75, 3.05) is 6.54 Å². The van der Waals surface area contributed by atoms with Crippen LogP contribution >= 0.6 is 0 Å². The molecule has 0 fully saturated rings. The number of hydrogen-bond donors (Lipinski definition) is 4. The summed E-state index contributed by atoms with van der Waals surface area (Å²) in [7, 11) is 0. The predicted octanol–water partition coefficient (Wildman–Crippen LogP) is -0.242. The topological polar surface area (TPSA) is 125 Å². The van der Waals surface area contributed by atoms with Gasteiger partial charge in [0.1, 0.15) is 0 Å². The lowest BCUT2D eigenvalue weighted by Gasteiger charge is -2.11. The van der Waals surface area contributed by atoms with Gasteiger partial charge >= 0.3 is 12.0 Å². The number of aliphatic carboxylic acids is 1. The molecule has 8 nitrogen and oxygen atoms in total. The second kappa shape index (κ2) is 9.54. The van der Waals surface area contributed by atoms with Crippen molar-refractivity contribution in [1.82, 2.24) is 16.0 Å². The predicted molar refractivity (Wildman–Crippen MR) is 70.8 cm³/mol. The average molecular weight is 285 g/mol. The third-order valence-corrected chi connectivity index (χ3v) is 2.27. The van der Waals surface area contributed by atoms with Crippen molar-refractivity contribution in [1.29, 1.82) is 0 Å². The van der Waals surface area contributed by atoms with Crippen LogP contribution in [0.2, 0.25) is 0 Å². The second-order valence-electron chi connectivity index (χ2n) is 4.04. The molecule has 0 rings (SSSR count). The van der Waals surface area contributed by atoms with Crippen LogP contribution < -0.4 is 16.0 Å². The Morgan fingerprint density at radius 1 is 1.20 bits per heavy atom. The molecule has 0 saturated carbocycles. The van der Waals surface area contributed by atoms with Gasteiger partial charge in [0.15, 0.2) is 0 Å². The first-order valence-electron chi connectivity index (χ1n) is 6.14. The Hall–Kier alpha value is -2.38. The van der Waals surface area contributed by atoms with Gasteiger partial charge in [0.25, 0.3) is 5.91 Å². The van der Waals surface area contributed by atoms with E-state index in [-0.39, 0.29) is 24.9 Å². The van der Waals surface area contributed by atoms with E-state index >= 15 is 0 Å². The number of carbonyl (C=O) groups excluding carboxylic acids is 3. The first kappa shape index (κ1) is 17.6. The molecule has 0 aliphatic rings. The van der Waals surface area contributed by atoms with Crippen LogP contribution in [-0.4, -0.2) is 41.5 Å². The van der Waals surface area contributed by atoms with Crippen molar-refractivity contribution in [3.05, 3.63) is 12.2 Å². The van der Waals surface area contributed by atoms with Crippen molar-refractivity contribution in [2.24, 2.45) is 0 Å². The zero-order valence-electron chi connectivity index (χ0n) is 11.4. The van der Waals surface area contributed by atoms with E-state index in [0.717, 1.165) is 12.5 Å². The Kier molecular flexibility index (Phi) is 8.40. The van der Waals surface area contributed by atoms with Crippen LogP contribution in [0.4, 0.5) is 4.79 Å². The Labute approximate surface area is 116 Å². The highest BCUT2D eigenvalue weighted by Crippen LogP contribution is 1.89. The van der Waals surface area contributed by atoms with Crippen molar-refractivity contribution in [3.63, 3.8) is 0 Å². The van der Waals surface area contributed by atoms with E-state index in [0.29, 0.717) is 6.08 Å². The molecule has 0 saturated heterocycles. The summed E-state index contributed by atoms with van der Waals surface area (Å²) in [5, 5.41) is 15.2. The summed E-state index contributed by atoms with van der Waals surface area (Å²) in [6.45, 7) is 3.88. The minimum absolute atomic E-state index is 0.0686. The smallest absolute Gasteiger partial charge is 0.328 e. The van der Waals surface area contributed by atoms with Gasteiger partial charge in [0.05, 0.1) is 0 Å².